The predicted molar refractivity (Wildman–Crippen MR) is 75.0 cm³/mol. The number of nitrogens with one attached hydrogen (secondary N) is 1. The minimum Gasteiger partial charge on any atom is -0.434 e. The van der Waals surface area contributed by atoms with Crippen molar-refractivity contribution in [3.63, 3.8) is 0 Å². The van der Waals surface area contributed by atoms with Gasteiger partial charge >= 0.3 is 0 Å². The van der Waals surface area contributed by atoms with E-state index in [2.05, 4.69) is 38.1 Å². The summed E-state index contributed by atoms with van der Waals surface area (Å²) in [7, 11) is 0. The summed E-state index contributed by atoms with van der Waals surface area (Å²) in [6.45, 7) is 2.85. The van der Waals surface area contributed by atoms with Crippen LogP contribution in [0.1, 0.15) is 13.3 Å². The van der Waals surface area contributed by atoms with E-state index in [-0.39, 0.29) is 11.6 Å². The van der Waals surface area contributed by atoms with Crippen LogP contribution in [0.15, 0.2) is 35.1 Å². The van der Waals surface area contributed by atoms with Crippen molar-refractivity contribution in [3.8, 4) is 11.6 Å². The van der Waals surface area contributed by atoms with E-state index in [1.54, 1.807) is 18.3 Å². The lowest BCUT2D eigenvalue weighted by molar-refractivity contribution is 0.425. The van der Waals surface area contributed by atoms with Crippen molar-refractivity contribution < 1.29 is 9.13 Å². The second-order valence-corrected chi connectivity index (χ2v) is 4.76. The molecule has 0 fully saturated rings. The average molecular weight is 326 g/mol. The number of rotatable bonds is 5. The summed E-state index contributed by atoms with van der Waals surface area (Å²) in [5, 5.41) is 3.09. The summed E-state index contributed by atoms with van der Waals surface area (Å²) in [4.78, 5) is 8.20. The van der Waals surface area contributed by atoms with Crippen molar-refractivity contribution in [2.75, 3.05) is 11.9 Å². The first-order chi connectivity index (χ1) is 9.19. The maximum atomic E-state index is 13.5. The number of anilines is 1. The molecule has 1 aromatic carbocycles. The van der Waals surface area contributed by atoms with E-state index in [0.717, 1.165) is 17.4 Å². The van der Waals surface area contributed by atoms with Gasteiger partial charge in [0.1, 0.15) is 5.82 Å². The summed E-state index contributed by atoms with van der Waals surface area (Å²) < 4.78 is 19.7. The van der Waals surface area contributed by atoms with Crippen LogP contribution in [0.3, 0.4) is 0 Å². The lowest BCUT2D eigenvalue weighted by atomic mass is 10.3. The first kappa shape index (κ1) is 13.7. The van der Waals surface area contributed by atoms with Crippen LogP contribution in [0, 0.1) is 5.82 Å². The molecule has 19 heavy (non-hydrogen) atoms. The lowest BCUT2D eigenvalue weighted by Crippen LogP contribution is -2.03. The molecule has 0 unspecified atom stereocenters. The van der Waals surface area contributed by atoms with E-state index in [1.165, 1.54) is 12.3 Å². The molecule has 0 aliphatic heterocycles. The van der Waals surface area contributed by atoms with E-state index in [1.807, 2.05) is 0 Å². The van der Waals surface area contributed by atoms with Crippen LogP contribution in [-0.4, -0.2) is 16.5 Å². The molecule has 100 valence electrons. The van der Waals surface area contributed by atoms with Crippen molar-refractivity contribution in [2.24, 2.45) is 0 Å². The number of benzene rings is 1. The van der Waals surface area contributed by atoms with Gasteiger partial charge in [-0.05, 0) is 24.6 Å². The van der Waals surface area contributed by atoms with Crippen LogP contribution >= 0.6 is 15.9 Å². The smallest absolute Gasteiger partial charge is 0.239 e. The minimum atomic E-state index is -0.447. The van der Waals surface area contributed by atoms with Gasteiger partial charge in [-0.15, -0.1) is 0 Å². The fourth-order valence-corrected chi connectivity index (χ4v) is 1.74. The average Bonchev–Trinajstić information content (AvgIpc) is 2.41. The van der Waals surface area contributed by atoms with E-state index in [4.69, 9.17) is 4.74 Å². The molecule has 0 radical (unpaired) electrons. The first-order valence-electron chi connectivity index (χ1n) is 5.88. The lowest BCUT2D eigenvalue weighted by Gasteiger charge is -2.08. The van der Waals surface area contributed by atoms with E-state index < -0.39 is 5.82 Å². The molecule has 1 aromatic heterocycles. The van der Waals surface area contributed by atoms with Crippen LogP contribution in [-0.2, 0) is 0 Å². The van der Waals surface area contributed by atoms with E-state index >= 15 is 0 Å². The molecule has 1 N–H and O–H groups in total. The largest absolute Gasteiger partial charge is 0.434 e. The van der Waals surface area contributed by atoms with Crippen LogP contribution in [0.4, 0.5) is 10.2 Å². The molecule has 0 aliphatic rings. The molecule has 2 aromatic rings. The summed E-state index contributed by atoms with van der Waals surface area (Å²) in [5.74, 6) is 0.515. The Morgan fingerprint density at radius 3 is 3.00 bits per heavy atom. The SMILES string of the molecule is CCCNc1cncc(Oc2cc(Br)ccc2F)n1. The molecular formula is C13H13BrFN3O. The van der Waals surface area contributed by atoms with Crippen molar-refractivity contribution >= 4 is 21.7 Å². The molecule has 0 saturated heterocycles. The minimum absolute atomic E-state index is 0.108. The molecule has 0 atom stereocenters. The highest BCUT2D eigenvalue weighted by Crippen LogP contribution is 2.26. The highest BCUT2D eigenvalue weighted by atomic mass is 79.9. The Balaban J connectivity index is 2.16. The number of hydrogen-bond donors (Lipinski definition) is 1. The van der Waals surface area contributed by atoms with Gasteiger partial charge in [0.25, 0.3) is 0 Å². The van der Waals surface area contributed by atoms with Gasteiger partial charge in [0.2, 0.25) is 5.88 Å². The Bertz CT molecular complexity index is 565. The third-order valence-corrected chi connectivity index (χ3v) is 2.77. The van der Waals surface area contributed by atoms with Crippen molar-refractivity contribution in [1.29, 1.82) is 0 Å². The van der Waals surface area contributed by atoms with Gasteiger partial charge < -0.3 is 10.1 Å². The van der Waals surface area contributed by atoms with Gasteiger partial charge in [0.05, 0.1) is 12.4 Å². The molecule has 0 aliphatic carbocycles. The quantitative estimate of drug-likeness (QED) is 0.902. The third kappa shape index (κ3) is 3.89. The summed E-state index contributed by atoms with van der Waals surface area (Å²) in [6, 6.07) is 4.47. The topological polar surface area (TPSA) is 47.0 Å². The number of halogens is 2. The number of nitrogens with zero attached hydrogens (tertiary/aromatic N) is 2. The van der Waals surface area contributed by atoms with E-state index in [0.29, 0.717) is 5.82 Å². The van der Waals surface area contributed by atoms with Gasteiger partial charge in [0, 0.05) is 11.0 Å². The fourth-order valence-electron chi connectivity index (χ4n) is 1.40. The second-order valence-electron chi connectivity index (χ2n) is 3.85. The molecule has 0 saturated carbocycles. The maximum Gasteiger partial charge on any atom is 0.239 e. The number of hydrogen-bond acceptors (Lipinski definition) is 4. The molecular weight excluding hydrogens is 313 g/mol. The fraction of sp³-hybridized carbons (Fsp3) is 0.231. The molecule has 2 rings (SSSR count). The van der Waals surface area contributed by atoms with Crippen LogP contribution < -0.4 is 10.1 Å². The zero-order valence-electron chi connectivity index (χ0n) is 10.4. The van der Waals surface area contributed by atoms with Crippen molar-refractivity contribution in [1.82, 2.24) is 9.97 Å². The monoisotopic (exact) mass is 325 g/mol. The van der Waals surface area contributed by atoms with Gasteiger partial charge in [0.15, 0.2) is 11.6 Å². The van der Waals surface area contributed by atoms with Crippen LogP contribution in [0.2, 0.25) is 0 Å². The predicted octanol–water partition coefficient (Wildman–Crippen LogP) is 3.99. The third-order valence-electron chi connectivity index (χ3n) is 2.28. The molecule has 0 amide bonds. The van der Waals surface area contributed by atoms with Gasteiger partial charge in [-0.25, -0.2) is 4.39 Å². The Kier molecular flexibility index (Phi) is 4.68. The standard InChI is InChI=1S/C13H13BrFN3O/c1-2-5-17-12-7-16-8-13(18-12)19-11-6-9(14)3-4-10(11)15/h3-4,6-8H,2,5H2,1H3,(H,17,18). The van der Waals surface area contributed by atoms with Crippen molar-refractivity contribution in [2.45, 2.75) is 13.3 Å². The summed E-state index contributed by atoms with van der Waals surface area (Å²) in [5.41, 5.74) is 0. The zero-order valence-corrected chi connectivity index (χ0v) is 11.9. The second kappa shape index (κ2) is 6.47. The van der Waals surface area contributed by atoms with E-state index in [9.17, 15) is 4.39 Å². The van der Waals surface area contributed by atoms with Crippen LogP contribution in [0.5, 0.6) is 11.6 Å². The number of aromatic nitrogens is 2. The molecule has 6 heteroatoms. The Hall–Kier alpha value is -1.69. The molecule has 0 spiro atoms. The Morgan fingerprint density at radius 2 is 2.21 bits per heavy atom. The Labute approximate surface area is 119 Å². The summed E-state index contributed by atoms with van der Waals surface area (Å²) in [6.07, 6.45) is 4.02. The van der Waals surface area contributed by atoms with Crippen molar-refractivity contribution in [3.05, 3.63) is 40.9 Å². The molecule has 1 heterocycles. The zero-order chi connectivity index (χ0) is 13.7. The maximum absolute atomic E-state index is 13.5. The highest BCUT2D eigenvalue weighted by Gasteiger charge is 2.07. The van der Waals surface area contributed by atoms with Gasteiger partial charge in [-0.2, -0.15) is 4.98 Å². The normalized spacial score (nSPS) is 10.3. The van der Waals surface area contributed by atoms with Gasteiger partial charge in [-0.3, -0.25) is 4.98 Å². The molecule has 0 bridgehead atoms. The van der Waals surface area contributed by atoms with Gasteiger partial charge in [-0.1, -0.05) is 22.9 Å². The number of ether oxygens (including phenoxy) is 1. The highest BCUT2D eigenvalue weighted by molar-refractivity contribution is 9.10. The van der Waals surface area contributed by atoms with Crippen LogP contribution in [0.25, 0.3) is 0 Å². The first-order valence-corrected chi connectivity index (χ1v) is 6.67. The molecule has 4 nitrogen and oxygen atoms in total. The summed E-state index contributed by atoms with van der Waals surface area (Å²) >= 11 is 3.26. The Morgan fingerprint density at radius 1 is 1.37 bits per heavy atom.